The van der Waals surface area contributed by atoms with Gasteiger partial charge in [-0.25, -0.2) is 0 Å². The topological polar surface area (TPSA) is 74.7 Å². The number of ether oxygens (including phenoxy) is 4. The van der Waals surface area contributed by atoms with Gasteiger partial charge in [0.2, 0.25) is 0 Å². The van der Waals surface area contributed by atoms with Gasteiger partial charge in [-0.3, -0.25) is 0 Å². The molecule has 0 fully saturated rings. The van der Waals surface area contributed by atoms with Gasteiger partial charge in [0.1, 0.15) is 13.2 Å². The highest BCUT2D eigenvalue weighted by Crippen LogP contribution is 2.35. The zero-order chi connectivity index (χ0) is 20.5. The normalized spacial score (nSPS) is 10.5. The summed E-state index contributed by atoms with van der Waals surface area (Å²) in [5, 5.41) is 13.3. The van der Waals surface area contributed by atoms with Crippen LogP contribution >= 0.6 is 0 Å². The summed E-state index contributed by atoms with van der Waals surface area (Å²) in [6.45, 7) is 1.75. The Balaban J connectivity index is 1.96. The van der Waals surface area contributed by atoms with Crippen molar-refractivity contribution in [3.05, 3.63) is 48.2 Å². The highest BCUT2D eigenvalue weighted by atomic mass is 16.5. The van der Waals surface area contributed by atoms with Crippen LogP contribution in [0, 0.1) is 12.3 Å². The summed E-state index contributed by atoms with van der Waals surface area (Å²) < 4.78 is 21.8. The van der Waals surface area contributed by atoms with Crippen molar-refractivity contribution < 1.29 is 18.9 Å². The van der Waals surface area contributed by atoms with E-state index >= 15 is 0 Å². The smallest absolute Gasteiger partial charge is 0.162 e. The molecule has 1 heterocycles. The second kappa shape index (κ2) is 10.3. The Morgan fingerprint density at radius 2 is 1.69 bits per heavy atom. The fourth-order valence-electron chi connectivity index (χ4n) is 2.70. The molecule has 150 valence electrons. The van der Waals surface area contributed by atoms with Crippen LogP contribution in [0.3, 0.4) is 0 Å². The van der Waals surface area contributed by atoms with E-state index in [2.05, 4.69) is 21.4 Å². The van der Waals surface area contributed by atoms with Crippen LogP contribution < -0.4 is 14.8 Å². The largest absolute Gasteiger partial charge is 0.487 e. The van der Waals surface area contributed by atoms with Gasteiger partial charge in [0.05, 0.1) is 19.4 Å². The minimum absolute atomic E-state index is 0.397. The first kappa shape index (κ1) is 20.4. The van der Waals surface area contributed by atoms with E-state index in [-0.39, 0.29) is 0 Å². The molecule has 0 amide bonds. The minimum atomic E-state index is 0.397. The number of methoxy groups -OCH3 is 2. The van der Waals surface area contributed by atoms with E-state index in [1.54, 1.807) is 20.4 Å². The van der Waals surface area contributed by atoms with Gasteiger partial charge in [0.15, 0.2) is 17.3 Å². The van der Waals surface area contributed by atoms with Gasteiger partial charge in [-0.2, -0.15) is 5.10 Å². The highest BCUT2D eigenvalue weighted by Gasteiger charge is 2.12. The van der Waals surface area contributed by atoms with E-state index < -0.39 is 0 Å². The molecule has 0 aliphatic heterocycles. The van der Waals surface area contributed by atoms with Gasteiger partial charge < -0.3 is 24.3 Å². The molecule has 3 aromatic rings. The quantitative estimate of drug-likeness (QED) is 0.418. The van der Waals surface area contributed by atoms with Crippen LogP contribution in [0.25, 0.3) is 10.8 Å². The zero-order valence-corrected chi connectivity index (χ0v) is 16.5. The fraction of sp³-hybridized carbons (Fsp3) is 0.273. The van der Waals surface area contributed by atoms with E-state index in [1.165, 1.54) is 0 Å². The summed E-state index contributed by atoms with van der Waals surface area (Å²) in [6.07, 6.45) is 7.17. The van der Waals surface area contributed by atoms with Crippen molar-refractivity contribution in [2.24, 2.45) is 0 Å². The van der Waals surface area contributed by atoms with Crippen molar-refractivity contribution in [3.8, 4) is 23.8 Å². The van der Waals surface area contributed by atoms with Crippen LogP contribution in [0.5, 0.6) is 11.5 Å². The molecule has 0 saturated carbocycles. The van der Waals surface area contributed by atoms with Crippen molar-refractivity contribution in [1.82, 2.24) is 10.2 Å². The van der Waals surface area contributed by atoms with Crippen molar-refractivity contribution in [1.29, 1.82) is 0 Å². The summed E-state index contributed by atoms with van der Waals surface area (Å²) in [5.41, 5.74) is 1.60. The molecule has 0 aliphatic carbocycles. The summed E-state index contributed by atoms with van der Waals surface area (Å²) in [7, 11) is 3.25. The lowest BCUT2D eigenvalue weighted by molar-refractivity contribution is 0.132. The number of hydrogen-bond donors (Lipinski definition) is 1. The summed E-state index contributed by atoms with van der Waals surface area (Å²) >= 11 is 0. The van der Waals surface area contributed by atoms with Crippen LogP contribution in [-0.2, 0) is 9.47 Å². The van der Waals surface area contributed by atoms with Crippen LogP contribution in [0.15, 0.2) is 42.6 Å². The lowest BCUT2D eigenvalue weighted by atomic mass is 10.1. The SMILES string of the molecule is C#Cc1cccc(Nc2nncc3cc(OCCOC)c(OCCOC)cc23)c1. The molecule has 7 heteroatoms. The Hall–Kier alpha value is -3.34. The third kappa shape index (κ3) is 5.35. The molecular formula is C22H23N3O4. The highest BCUT2D eigenvalue weighted by molar-refractivity contribution is 5.95. The van der Waals surface area contributed by atoms with E-state index in [9.17, 15) is 0 Å². The monoisotopic (exact) mass is 393 g/mol. The molecule has 29 heavy (non-hydrogen) atoms. The van der Waals surface area contributed by atoms with Crippen molar-refractivity contribution >= 4 is 22.3 Å². The molecule has 0 bridgehead atoms. The first-order chi connectivity index (χ1) is 14.2. The molecule has 0 unspecified atom stereocenters. The molecule has 2 aromatic carbocycles. The number of hydrogen-bond acceptors (Lipinski definition) is 7. The maximum absolute atomic E-state index is 5.86. The second-order valence-corrected chi connectivity index (χ2v) is 6.11. The second-order valence-electron chi connectivity index (χ2n) is 6.11. The predicted molar refractivity (Wildman–Crippen MR) is 112 cm³/mol. The van der Waals surface area contributed by atoms with E-state index in [0.29, 0.717) is 43.7 Å². The third-order valence-corrected chi connectivity index (χ3v) is 4.11. The number of benzene rings is 2. The van der Waals surface area contributed by atoms with Crippen molar-refractivity contribution in [2.45, 2.75) is 0 Å². The Labute approximate surface area is 170 Å². The molecule has 7 nitrogen and oxygen atoms in total. The Morgan fingerprint density at radius 3 is 2.38 bits per heavy atom. The standard InChI is InChI=1S/C22H23N3O4/c1-4-16-6-5-7-18(12-16)24-22-19-14-21(29-11-9-27-3)20(28-10-8-26-2)13-17(19)15-23-25-22/h1,5-7,12-15H,8-11H2,2-3H3,(H,24,25). The van der Waals surface area contributed by atoms with E-state index in [4.69, 9.17) is 25.4 Å². The maximum Gasteiger partial charge on any atom is 0.162 e. The molecule has 1 aromatic heterocycles. The molecule has 0 atom stereocenters. The average molecular weight is 393 g/mol. The maximum atomic E-state index is 5.86. The first-order valence-corrected chi connectivity index (χ1v) is 9.11. The van der Waals surface area contributed by atoms with Gasteiger partial charge in [0, 0.05) is 36.2 Å². The summed E-state index contributed by atoms with van der Waals surface area (Å²) in [4.78, 5) is 0. The minimum Gasteiger partial charge on any atom is -0.487 e. The van der Waals surface area contributed by atoms with Crippen LogP contribution in [0.2, 0.25) is 0 Å². The number of anilines is 2. The summed E-state index contributed by atoms with van der Waals surface area (Å²) in [5.74, 6) is 4.43. The molecule has 0 spiro atoms. The first-order valence-electron chi connectivity index (χ1n) is 9.11. The number of nitrogens with one attached hydrogen (secondary N) is 1. The van der Waals surface area contributed by atoms with Crippen LogP contribution in [0.4, 0.5) is 11.5 Å². The van der Waals surface area contributed by atoms with Crippen LogP contribution in [-0.4, -0.2) is 50.8 Å². The van der Waals surface area contributed by atoms with E-state index in [1.807, 2.05) is 36.4 Å². The fourth-order valence-corrected chi connectivity index (χ4v) is 2.70. The Bertz CT molecular complexity index is 1000. The van der Waals surface area contributed by atoms with Gasteiger partial charge in [-0.15, -0.1) is 11.5 Å². The number of rotatable bonds is 10. The van der Waals surface area contributed by atoms with Crippen LogP contribution in [0.1, 0.15) is 5.56 Å². The molecule has 3 rings (SSSR count). The van der Waals surface area contributed by atoms with Crippen molar-refractivity contribution in [3.63, 3.8) is 0 Å². The average Bonchev–Trinajstić information content (AvgIpc) is 2.75. The molecule has 0 radical (unpaired) electrons. The summed E-state index contributed by atoms with van der Waals surface area (Å²) in [6, 6.07) is 11.3. The zero-order valence-electron chi connectivity index (χ0n) is 16.5. The number of nitrogens with zero attached hydrogens (tertiary/aromatic N) is 2. The lowest BCUT2D eigenvalue weighted by Gasteiger charge is -2.15. The van der Waals surface area contributed by atoms with Crippen molar-refractivity contribution in [2.75, 3.05) is 46.0 Å². The molecule has 1 N–H and O–H groups in total. The number of aromatic nitrogens is 2. The van der Waals surface area contributed by atoms with Gasteiger partial charge in [-0.05, 0) is 30.3 Å². The van der Waals surface area contributed by atoms with Gasteiger partial charge in [0.25, 0.3) is 0 Å². The predicted octanol–water partition coefficient (Wildman–Crippen LogP) is 3.41. The number of terminal acetylenes is 1. The lowest BCUT2D eigenvalue weighted by Crippen LogP contribution is -2.09. The van der Waals surface area contributed by atoms with Gasteiger partial charge >= 0.3 is 0 Å². The Kier molecular flexibility index (Phi) is 7.22. The molecule has 0 aliphatic rings. The van der Waals surface area contributed by atoms with Gasteiger partial charge in [-0.1, -0.05) is 12.0 Å². The third-order valence-electron chi connectivity index (χ3n) is 4.11. The van der Waals surface area contributed by atoms with E-state index in [0.717, 1.165) is 22.0 Å². The Morgan fingerprint density at radius 1 is 0.966 bits per heavy atom. The molecule has 0 saturated heterocycles. The number of fused-ring (bicyclic) bond motifs is 1. The molecular weight excluding hydrogens is 370 g/mol.